The van der Waals surface area contributed by atoms with Crippen molar-refractivity contribution < 1.29 is 9.00 Å². The second-order valence-electron chi connectivity index (χ2n) is 5.04. The summed E-state index contributed by atoms with van der Waals surface area (Å²) < 4.78 is 12.3. The normalized spacial score (nSPS) is 13.3. The van der Waals surface area contributed by atoms with Gasteiger partial charge in [-0.1, -0.05) is 55.5 Å². The third-order valence-corrected chi connectivity index (χ3v) is 5.00. The van der Waals surface area contributed by atoms with E-state index in [1.807, 2.05) is 60.7 Å². The second-order valence-corrected chi connectivity index (χ2v) is 6.61. The SMILES string of the molecule is CCC(c1ccccc1)N(C=O)CCS(=O)c1ccccc1. The van der Waals surface area contributed by atoms with E-state index in [1.54, 1.807) is 4.90 Å². The number of carbonyl (C=O) groups excluding carboxylic acids is 1. The van der Waals surface area contributed by atoms with Gasteiger partial charge in [-0.25, -0.2) is 0 Å². The van der Waals surface area contributed by atoms with E-state index in [9.17, 15) is 9.00 Å². The minimum absolute atomic E-state index is 0.0338. The van der Waals surface area contributed by atoms with Crippen molar-refractivity contribution in [3.63, 3.8) is 0 Å². The van der Waals surface area contributed by atoms with E-state index < -0.39 is 10.8 Å². The van der Waals surface area contributed by atoms with Gasteiger partial charge in [0.25, 0.3) is 0 Å². The van der Waals surface area contributed by atoms with Crippen molar-refractivity contribution in [1.29, 1.82) is 0 Å². The fourth-order valence-corrected chi connectivity index (χ4v) is 3.57. The number of carbonyl (C=O) groups is 1. The first-order chi connectivity index (χ1) is 10.8. The van der Waals surface area contributed by atoms with Crippen LogP contribution in [-0.4, -0.2) is 27.8 Å². The van der Waals surface area contributed by atoms with Gasteiger partial charge in [0.1, 0.15) is 0 Å². The van der Waals surface area contributed by atoms with Crippen LogP contribution in [0.25, 0.3) is 0 Å². The third kappa shape index (κ3) is 4.28. The third-order valence-electron chi connectivity index (χ3n) is 3.65. The summed E-state index contributed by atoms with van der Waals surface area (Å²) in [7, 11) is -1.08. The molecule has 0 bridgehead atoms. The van der Waals surface area contributed by atoms with E-state index >= 15 is 0 Å². The van der Waals surface area contributed by atoms with E-state index in [1.165, 1.54) is 0 Å². The van der Waals surface area contributed by atoms with Crippen LogP contribution in [0.15, 0.2) is 65.6 Å². The van der Waals surface area contributed by atoms with Crippen molar-refractivity contribution in [1.82, 2.24) is 4.90 Å². The molecule has 0 aromatic heterocycles. The predicted molar refractivity (Wildman–Crippen MR) is 90.0 cm³/mol. The Hall–Kier alpha value is -1.94. The number of rotatable bonds is 8. The molecule has 0 heterocycles. The molecule has 2 aromatic carbocycles. The molecule has 0 saturated heterocycles. The molecular weight excluding hydrogens is 294 g/mol. The van der Waals surface area contributed by atoms with Crippen LogP contribution in [0.1, 0.15) is 24.9 Å². The average Bonchev–Trinajstić information content (AvgIpc) is 2.59. The zero-order valence-corrected chi connectivity index (χ0v) is 13.5. The van der Waals surface area contributed by atoms with E-state index in [4.69, 9.17) is 0 Å². The molecule has 0 saturated carbocycles. The molecule has 0 radical (unpaired) electrons. The molecule has 4 heteroatoms. The zero-order valence-electron chi connectivity index (χ0n) is 12.7. The first-order valence-electron chi connectivity index (χ1n) is 7.45. The van der Waals surface area contributed by atoms with Crippen LogP contribution in [0.2, 0.25) is 0 Å². The van der Waals surface area contributed by atoms with Gasteiger partial charge in [-0.05, 0) is 24.1 Å². The van der Waals surface area contributed by atoms with E-state index in [0.717, 1.165) is 23.3 Å². The Morgan fingerprint density at radius 1 is 1.05 bits per heavy atom. The molecule has 0 fully saturated rings. The summed E-state index contributed by atoms with van der Waals surface area (Å²) in [6.07, 6.45) is 1.70. The lowest BCUT2D eigenvalue weighted by molar-refractivity contribution is -0.120. The summed E-state index contributed by atoms with van der Waals surface area (Å²) in [6, 6.07) is 19.4. The summed E-state index contributed by atoms with van der Waals surface area (Å²) >= 11 is 0. The summed E-state index contributed by atoms with van der Waals surface area (Å²) in [5.74, 6) is 0.450. The monoisotopic (exact) mass is 315 g/mol. The Bertz CT molecular complexity index is 601. The fraction of sp³-hybridized carbons (Fsp3) is 0.278. The van der Waals surface area contributed by atoms with Crippen LogP contribution in [0.5, 0.6) is 0 Å². The molecule has 22 heavy (non-hydrogen) atoms. The first-order valence-corrected chi connectivity index (χ1v) is 8.77. The molecular formula is C18H21NO2S. The number of benzene rings is 2. The van der Waals surface area contributed by atoms with Gasteiger partial charge in [0.15, 0.2) is 0 Å². The summed E-state index contributed by atoms with van der Waals surface area (Å²) in [6.45, 7) is 2.54. The van der Waals surface area contributed by atoms with Crippen LogP contribution >= 0.6 is 0 Å². The molecule has 116 valence electrons. The molecule has 2 atom stereocenters. The van der Waals surface area contributed by atoms with Crippen molar-refractivity contribution >= 4 is 17.2 Å². The van der Waals surface area contributed by atoms with E-state index in [0.29, 0.717) is 12.3 Å². The number of hydrogen-bond donors (Lipinski definition) is 0. The summed E-state index contributed by atoms with van der Waals surface area (Å²) in [5, 5.41) is 0. The minimum atomic E-state index is -1.08. The van der Waals surface area contributed by atoms with Crippen molar-refractivity contribution in [2.45, 2.75) is 24.3 Å². The van der Waals surface area contributed by atoms with Gasteiger partial charge in [-0.2, -0.15) is 0 Å². The van der Waals surface area contributed by atoms with Gasteiger partial charge in [0.05, 0.1) is 16.8 Å². The lowest BCUT2D eigenvalue weighted by atomic mass is 10.0. The molecule has 1 amide bonds. The molecule has 3 nitrogen and oxygen atoms in total. The molecule has 0 spiro atoms. The lowest BCUT2D eigenvalue weighted by Crippen LogP contribution is -2.31. The number of hydrogen-bond acceptors (Lipinski definition) is 2. The maximum absolute atomic E-state index is 12.3. The average molecular weight is 315 g/mol. The predicted octanol–water partition coefficient (Wildman–Crippen LogP) is 3.40. The van der Waals surface area contributed by atoms with Crippen LogP contribution in [0.3, 0.4) is 0 Å². The maximum Gasteiger partial charge on any atom is 0.210 e. The molecule has 2 unspecified atom stereocenters. The highest BCUT2D eigenvalue weighted by molar-refractivity contribution is 7.85. The van der Waals surface area contributed by atoms with Crippen LogP contribution < -0.4 is 0 Å². The highest BCUT2D eigenvalue weighted by atomic mass is 32.2. The summed E-state index contributed by atoms with van der Waals surface area (Å²) in [4.78, 5) is 14.0. The second kappa shape index (κ2) is 8.49. The molecule has 0 aliphatic carbocycles. The number of nitrogens with zero attached hydrogens (tertiary/aromatic N) is 1. The zero-order chi connectivity index (χ0) is 15.8. The van der Waals surface area contributed by atoms with Crippen molar-refractivity contribution in [2.75, 3.05) is 12.3 Å². The maximum atomic E-state index is 12.3. The first kappa shape index (κ1) is 16.4. The Kier molecular flexibility index (Phi) is 6.34. The fourth-order valence-electron chi connectivity index (χ4n) is 2.50. The smallest absolute Gasteiger partial charge is 0.210 e. The van der Waals surface area contributed by atoms with Gasteiger partial charge in [0, 0.05) is 17.2 Å². The minimum Gasteiger partial charge on any atom is -0.337 e. The van der Waals surface area contributed by atoms with Crippen LogP contribution in [0, 0.1) is 0 Å². The molecule has 0 N–H and O–H groups in total. The molecule has 2 rings (SSSR count). The van der Waals surface area contributed by atoms with Gasteiger partial charge < -0.3 is 4.90 Å². The van der Waals surface area contributed by atoms with Crippen LogP contribution in [-0.2, 0) is 15.6 Å². The van der Waals surface area contributed by atoms with Crippen molar-refractivity contribution in [2.24, 2.45) is 0 Å². The van der Waals surface area contributed by atoms with Gasteiger partial charge in [-0.3, -0.25) is 9.00 Å². The van der Waals surface area contributed by atoms with Crippen LogP contribution in [0.4, 0.5) is 0 Å². The molecule has 0 aliphatic rings. The van der Waals surface area contributed by atoms with Gasteiger partial charge >= 0.3 is 0 Å². The Balaban J connectivity index is 2.02. The largest absolute Gasteiger partial charge is 0.337 e. The Morgan fingerprint density at radius 3 is 2.18 bits per heavy atom. The summed E-state index contributed by atoms with van der Waals surface area (Å²) in [5.41, 5.74) is 1.11. The Morgan fingerprint density at radius 2 is 1.64 bits per heavy atom. The standard InChI is InChI=1S/C18H21NO2S/c1-2-18(16-9-5-3-6-10-16)19(15-20)13-14-22(21)17-11-7-4-8-12-17/h3-12,15,18H,2,13-14H2,1H3. The Labute approximate surface area is 134 Å². The van der Waals surface area contributed by atoms with Crippen molar-refractivity contribution in [3.8, 4) is 0 Å². The lowest BCUT2D eigenvalue weighted by Gasteiger charge is -2.27. The van der Waals surface area contributed by atoms with E-state index in [-0.39, 0.29) is 6.04 Å². The highest BCUT2D eigenvalue weighted by Gasteiger charge is 2.17. The van der Waals surface area contributed by atoms with E-state index in [2.05, 4.69) is 6.92 Å². The van der Waals surface area contributed by atoms with Gasteiger partial charge in [-0.15, -0.1) is 0 Å². The topological polar surface area (TPSA) is 37.4 Å². The van der Waals surface area contributed by atoms with Gasteiger partial charge in [0.2, 0.25) is 6.41 Å². The number of amides is 1. The molecule has 0 aliphatic heterocycles. The highest BCUT2D eigenvalue weighted by Crippen LogP contribution is 2.22. The van der Waals surface area contributed by atoms with Crippen molar-refractivity contribution in [3.05, 3.63) is 66.2 Å². The quantitative estimate of drug-likeness (QED) is 0.700. The molecule has 2 aromatic rings.